The van der Waals surface area contributed by atoms with Crippen molar-refractivity contribution < 1.29 is 19.4 Å². The Morgan fingerprint density at radius 1 is 1.08 bits per heavy atom. The Bertz CT molecular complexity index is 1680. The van der Waals surface area contributed by atoms with Crippen molar-refractivity contribution in [2.75, 3.05) is 4.90 Å². The van der Waals surface area contributed by atoms with Crippen molar-refractivity contribution in [3.8, 4) is 5.75 Å². The molecule has 0 saturated carbocycles. The third-order valence-corrected chi connectivity index (χ3v) is 8.56. The number of ether oxygens (including phenoxy) is 1. The zero-order chi connectivity index (χ0) is 27.6. The summed E-state index contributed by atoms with van der Waals surface area (Å²) in [5.74, 6) is -0.495. The lowest BCUT2D eigenvalue weighted by Crippen LogP contribution is -2.29. The molecule has 1 amide bonds. The van der Waals surface area contributed by atoms with Crippen LogP contribution in [0.2, 0.25) is 0 Å². The number of carbonyl (C=O) groups is 2. The van der Waals surface area contributed by atoms with E-state index >= 15 is 0 Å². The number of benzene rings is 3. The molecule has 2 aliphatic heterocycles. The van der Waals surface area contributed by atoms with Crippen LogP contribution in [-0.4, -0.2) is 27.9 Å². The van der Waals surface area contributed by atoms with Gasteiger partial charge in [0, 0.05) is 12.0 Å². The summed E-state index contributed by atoms with van der Waals surface area (Å²) in [5.41, 5.74) is 6.34. The van der Waals surface area contributed by atoms with Crippen LogP contribution in [0.5, 0.6) is 5.75 Å². The maximum atomic E-state index is 13.6. The van der Waals surface area contributed by atoms with Crippen LogP contribution in [0.15, 0.2) is 60.2 Å². The fraction of sp³-hybridized carbons (Fsp3) is 0.281. The molecule has 4 aromatic rings. The Labute approximate surface area is 231 Å². The lowest BCUT2D eigenvalue weighted by atomic mass is 9.93. The molecule has 39 heavy (non-hydrogen) atoms. The predicted molar refractivity (Wildman–Crippen MR) is 155 cm³/mol. The number of hydrogen-bond donors (Lipinski definition) is 1. The van der Waals surface area contributed by atoms with Crippen LogP contribution in [0.1, 0.15) is 66.1 Å². The van der Waals surface area contributed by atoms with Crippen molar-refractivity contribution in [3.05, 3.63) is 93.6 Å². The summed E-state index contributed by atoms with van der Waals surface area (Å²) >= 11 is 1.38. The fourth-order valence-corrected chi connectivity index (χ4v) is 6.76. The highest BCUT2D eigenvalue weighted by Crippen LogP contribution is 2.45. The normalized spacial score (nSPS) is 20.2. The first-order valence-electron chi connectivity index (χ1n) is 13.2. The standard InChI is InChI=1S/C32H30N2O4S/c1-16(2)20-6-8-21(9-7-20)28-26(29(35)22-10-11-24-23(15-22)14-19(5)38-24)30(36)31(37)34(28)32-33-27-18(4)12-17(3)13-25(27)39-32/h6-13,15-16,19,28,35H,14H2,1-5H3/b29-26+/t19-,28+/m0/s1. The van der Waals surface area contributed by atoms with E-state index in [-0.39, 0.29) is 17.4 Å². The van der Waals surface area contributed by atoms with Crippen molar-refractivity contribution in [1.29, 1.82) is 0 Å². The van der Waals surface area contributed by atoms with Crippen LogP contribution in [0, 0.1) is 13.8 Å². The molecule has 2 aliphatic rings. The van der Waals surface area contributed by atoms with Gasteiger partial charge in [0.05, 0.1) is 21.8 Å². The second kappa shape index (κ2) is 9.35. The average Bonchev–Trinajstić information content (AvgIpc) is 3.56. The Kier molecular flexibility index (Phi) is 6.07. The van der Waals surface area contributed by atoms with Crippen molar-refractivity contribution in [2.24, 2.45) is 0 Å². The molecule has 198 valence electrons. The SMILES string of the molecule is Cc1cc(C)c2nc(N3C(=O)C(=O)/C(=C(/O)c4ccc5c(c4)C[C@H](C)O5)[C@H]3c3ccc(C(C)C)cc3)sc2c1. The third kappa shape index (κ3) is 4.21. The minimum absolute atomic E-state index is 0.0496. The molecule has 0 radical (unpaired) electrons. The van der Waals surface area contributed by atoms with E-state index in [1.54, 1.807) is 6.07 Å². The first-order valence-corrected chi connectivity index (χ1v) is 14.0. The van der Waals surface area contributed by atoms with E-state index in [1.807, 2.05) is 63.2 Å². The lowest BCUT2D eigenvalue weighted by Gasteiger charge is -2.23. The summed E-state index contributed by atoms with van der Waals surface area (Å²) in [6, 6.07) is 16.6. The highest BCUT2D eigenvalue weighted by atomic mass is 32.1. The fourth-order valence-electron chi connectivity index (χ4n) is 5.60. The molecule has 3 heterocycles. The van der Waals surface area contributed by atoms with Crippen molar-refractivity contribution in [1.82, 2.24) is 4.98 Å². The summed E-state index contributed by atoms with van der Waals surface area (Å²) < 4.78 is 6.76. The van der Waals surface area contributed by atoms with Crippen LogP contribution in [0.25, 0.3) is 16.0 Å². The van der Waals surface area contributed by atoms with Gasteiger partial charge in [0.25, 0.3) is 5.78 Å². The van der Waals surface area contributed by atoms with Crippen LogP contribution in [-0.2, 0) is 16.0 Å². The van der Waals surface area contributed by atoms with Crippen molar-refractivity contribution in [3.63, 3.8) is 0 Å². The highest BCUT2D eigenvalue weighted by Gasteiger charge is 2.48. The molecule has 1 aromatic heterocycles. The topological polar surface area (TPSA) is 79.7 Å². The number of rotatable bonds is 4. The van der Waals surface area contributed by atoms with E-state index in [0.29, 0.717) is 16.6 Å². The number of aliphatic hydroxyl groups excluding tert-OH is 1. The summed E-state index contributed by atoms with van der Waals surface area (Å²) in [6.45, 7) is 10.2. The summed E-state index contributed by atoms with van der Waals surface area (Å²) in [5, 5.41) is 12.0. The van der Waals surface area contributed by atoms with Gasteiger partial charge in [-0.1, -0.05) is 55.5 Å². The maximum absolute atomic E-state index is 13.6. The molecule has 6 rings (SSSR count). The Balaban J connectivity index is 1.54. The zero-order valence-electron chi connectivity index (χ0n) is 22.6. The number of ketones is 1. The number of nitrogens with zero attached hydrogens (tertiary/aromatic N) is 2. The van der Waals surface area contributed by atoms with E-state index in [2.05, 4.69) is 19.9 Å². The number of hydrogen-bond acceptors (Lipinski definition) is 6. The van der Waals surface area contributed by atoms with Crippen molar-refractivity contribution >= 4 is 44.1 Å². The van der Waals surface area contributed by atoms with Crippen LogP contribution < -0.4 is 9.64 Å². The van der Waals surface area contributed by atoms with Gasteiger partial charge in [-0.05, 0) is 78.8 Å². The minimum atomic E-state index is -0.809. The lowest BCUT2D eigenvalue weighted by molar-refractivity contribution is -0.132. The van der Waals surface area contributed by atoms with Crippen LogP contribution in [0.4, 0.5) is 5.13 Å². The molecule has 6 nitrogen and oxygen atoms in total. The number of aryl methyl sites for hydroxylation is 2. The van der Waals surface area contributed by atoms with Gasteiger partial charge in [0.1, 0.15) is 17.6 Å². The second-order valence-corrected chi connectivity index (χ2v) is 11.9. The van der Waals surface area contributed by atoms with E-state index in [0.717, 1.165) is 50.2 Å². The average molecular weight is 539 g/mol. The number of Topliss-reactive ketones (excluding diaryl/α,β-unsaturated/α-hetero) is 1. The van der Waals surface area contributed by atoms with E-state index < -0.39 is 17.7 Å². The van der Waals surface area contributed by atoms with Gasteiger partial charge < -0.3 is 9.84 Å². The molecule has 0 aliphatic carbocycles. The summed E-state index contributed by atoms with van der Waals surface area (Å²) in [7, 11) is 0. The minimum Gasteiger partial charge on any atom is -0.507 e. The molecule has 1 fully saturated rings. The Morgan fingerprint density at radius 2 is 1.82 bits per heavy atom. The van der Waals surface area contributed by atoms with Gasteiger partial charge in [-0.3, -0.25) is 14.5 Å². The number of carbonyl (C=O) groups excluding carboxylic acids is 2. The number of aromatic nitrogens is 1. The molecule has 3 aromatic carbocycles. The number of amides is 1. The van der Waals surface area contributed by atoms with Gasteiger partial charge in [0.15, 0.2) is 5.13 Å². The number of thiazole rings is 1. The quantitative estimate of drug-likeness (QED) is 0.172. The highest BCUT2D eigenvalue weighted by molar-refractivity contribution is 7.22. The van der Waals surface area contributed by atoms with Gasteiger partial charge in [-0.25, -0.2) is 4.98 Å². The molecule has 0 unspecified atom stereocenters. The smallest absolute Gasteiger partial charge is 0.301 e. The molecular formula is C32H30N2O4S. The molecular weight excluding hydrogens is 508 g/mol. The molecule has 0 bridgehead atoms. The van der Waals surface area contributed by atoms with Gasteiger partial charge in [0.2, 0.25) is 0 Å². The van der Waals surface area contributed by atoms with E-state index in [1.165, 1.54) is 16.2 Å². The molecule has 2 atom stereocenters. The van der Waals surface area contributed by atoms with Crippen LogP contribution in [0.3, 0.4) is 0 Å². The molecule has 0 spiro atoms. The first-order chi connectivity index (χ1) is 18.6. The van der Waals surface area contributed by atoms with Crippen molar-refractivity contribution in [2.45, 2.75) is 59.1 Å². The maximum Gasteiger partial charge on any atom is 0.301 e. The molecule has 7 heteroatoms. The Hall–Kier alpha value is -3.97. The largest absolute Gasteiger partial charge is 0.507 e. The molecule has 1 N–H and O–H groups in total. The van der Waals surface area contributed by atoms with Gasteiger partial charge in [-0.2, -0.15) is 0 Å². The second-order valence-electron chi connectivity index (χ2n) is 10.9. The van der Waals surface area contributed by atoms with E-state index in [4.69, 9.17) is 9.72 Å². The number of fused-ring (bicyclic) bond motifs is 2. The third-order valence-electron chi connectivity index (χ3n) is 7.56. The first kappa shape index (κ1) is 25.3. The van der Waals surface area contributed by atoms with E-state index in [9.17, 15) is 14.7 Å². The monoisotopic (exact) mass is 538 g/mol. The van der Waals surface area contributed by atoms with Gasteiger partial charge in [-0.15, -0.1) is 0 Å². The predicted octanol–water partition coefficient (Wildman–Crippen LogP) is 6.99. The zero-order valence-corrected chi connectivity index (χ0v) is 23.4. The van der Waals surface area contributed by atoms with Crippen LogP contribution >= 0.6 is 11.3 Å². The summed E-state index contributed by atoms with van der Waals surface area (Å²) in [4.78, 5) is 33.5. The van der Waals surface area contributed by atoms with Gasteiger partial charge >= 0.3 is 5.91 Å². The molecule has 1 saturated heterocycles. The Morgan fingerprint density at radius 3 is 2.54 bits per heavy atom. The summed E-state index contributed by atoms with van der Waals surface area (Å²) in [6.07, 6.45) is 0.767. The number of anilines is 1. The number of aliphatic hydroxyl groups is 1.